The highest BCUT2D eigenvalue weighted by Crippen LogP contribution is 2.30. The van der Waals surface area contributed by atoms with Crippen LogP contribution in [0.3, 0.4) is 0 Å². The van der Waals surface area contributed by atoms with Crippen LogP contribution in [0.25, 0.3) is 0 Å². The Kier molecular flexibility index (Phi) is 4.79. The van der Waals surface area contributed by atoms with Crippen LogP contribution in [0.2, 0.25) is 0 Å². The van der Waals surface area contributed by atoms with E-state index < -0.39 is 0 Å². The summed E-state index contributed by atoms with van der Waals surface area (Å²) in [4.78, 5) is 2.68. The molecule has 2 nitrogen and oxygen atoms in total. The van der Waals surface area contributed by atoms with Gasteiger partial charge < -0.3 is 5.32 Å². The fourth-order valence-electron chi connectivity index (χ4n) is 3.32. The quantitative estimate of drug-likeness (QED) is 0.899. The highest BCUT2D eigenvalue weighted by Gasteiger charge is 2.40. The molecule has 1 heterocycles. The van der Waals surface area contributed by atoms with Crippen molar-refractivity contribution in [3.8, 4) is 0 Å². The van der Waals surface area contributed by atoms with Gasteiger partial charge in [-0.3, -0.25) is 4.90 Å². The summed E-state index contributed by atoms with van der Waals surface area (Å²) in [6.45, 7) is 17.0. The standard InChI is InChI=1S/C19H32N2/c1-7-19(8-2)14-21(18(5,6)13-20-19)12-17-11-15(3)9-10-16(17)4/h9-11,20H,7-8,12-14H2,1-6H3. The summed E-state index contributed by atoms with van der Waals surface area (Å²) in [5.74, 6) is 0. The van der Waals surface area contributed by atoms with E-state index in [4.69, 9.17) is 0 Å². The van der Waals surface area contributed by atoms with E-state index in [-0.39, 0.29) is 11.1 Å². The van der Waals surface area contributed by atoms with Gasteiger partial charge in [-0.1, -0.05) is 37.6 Å². The SMILES string of the molecule is CCC1(CC)CN(Cc2cc(C)ccc2C)C(C)(C)CN1. The molecular weight excluding hydrogens is 256 g/mol. The summed E-state index contributed by atoms with van der Waals surface area (Å²) in [7, 11) is 0. The van der Waals surface area contributed by atoms with Crippen molar-refractivity contribution in [3.05, 3.63) is 34.9 Å². The Morgan fingerprint density at radius 2 is 1.81 bits per heavy atom. The minimum absolute atomic E-state index is 0.212. The average Bonchev–Trinajstić information content (AvgIpc) is 2.45. The molecule has 1 N–H and O–H groups in total. The molecule has 1 aliphatic rings. The summed E-state index contributed by atoms with van der Waals surface area (Å²) in [6.07, 6.45) is 2.39. The summed E-state index contributed by atoms with van der Waals surface area (Å²) < 4.78 is 0. The number of rotatable bonds is 4. The van der Waals surface area contributed by atoms with Crippen LogP contribution in [-0.2, 0) is 6.54 Å². The highest BCUT2D eigenvalue weighted by molar-refractivity contribution is 5.30. The Labute approximate surface area is 130 Å². The number of benzene rings is 1. The van der Waals surface area contributed by atoms with E-state index in [1.807, 2.05) is 0 Å². The molecule has 2 heteroatoms. The zero-order chi connectivity index (χ0) is 15.7. The molecule has 2 rings (SSSR count). The van der Waals surface area contributed by atoms with Crippen molar-refractivity contribution >= 4 is 0 Å². The topological polar surface area (TPSA) is 15.3 Å². The van der Waals surface area contributed by atoms with E-state index in [0.29, 0.717) is 0 Å². The Balaban J connectivity index is 2.24. The van der Waals surface area contributed by atoms with E-state index in [2.05, 4.69) is 70.0 Å². The number of nitrogens with one attached hydrogen (secondary N) is 1. The molecule has 0 unspecified atom stereocenters. The van der Waals surface area contributed by atoms with Gasteiger partial charge in [-0.05, 0) is 51.7 Å². The molecule has 0 radical (unpaired) electrons. The van der Waals surface area contributed by atoms with E-state index >= 15 is 0 Å². The van der Waals surface area contributed by atoms with Crippen molar-refractivity contribution < 1.29 is 0 Å². The van der Waals surface area contributed by atoms with Gasteiger partial charge in [-0.2, -0.15) is 0 Å². The van der Waals surface area contributed by atoms with Gasteiger partial charge in [-0.25, -0.2) is 0 Å². The van der Waals surface area contributed by atoms with Gasteiger partial charge in [0.1, 0.15) is 0 Å². The monoisotopic (exact) mass is 288 g/mol. The maximum atomic E-state index is 3.82. The summed E-state index contributed by atoms with van der Waals surface area (Å²) in [6, 6.07) is 6.82. The Bertz CT molecular complexity index is 486. The lowest BCUT2D eigenvalue weighted by Crippen LogP contribution is -2.67. The first-order valence-corrected chi connectivity index (χ1v) is 8.38. The lowest BCUT2D eigenvalue weighted by molar-refractivity contribution is 0.0160. The minimum Gasteiger partial charge on any atom is -0.308 e. The molecule has 0 bridgehead atoms. The Hall–Kier alpha value is -0.860. The van der Waals surface area contributed by atoms with Crippen molar-refractivity contribution in [2.24, 2.45) is 0 Å². The molecule has 0 spiro atoms. The third-order valence-electron chi connectivity index (χ3n) is 5.46. The summed E-state index contributed by atoms with van der Waals surface area (Å²) in [5.41, 5.74) is 4.75. The van der Waals surface area contributed by atoms with Gasteiger partial charge in [0.25, 0.3) is 0 Å². The van der Waals surface area contributed by atoms with Gasteiger partial charge in [0.2, 0.25) is 0 Å². The van der Waals surface area contributed by atoms with Gasteiger partial charge >= 0.3 is 0 Å². The minimum atomic E-state index is 0.212. The fourth-order valence-corrected chi connectivity index (χ4v) is 3.32. The molecular formula is C19H32N2. The number of aryl methyl sites for hydroxylation is 2. The van der Waals surface area contributed by atoms with Crippen molar-refractivity contribution in [2.75, 3.05) is 13.1 Å². The van der Waals surface area contributed by atoms with Crippen LogP contribution in [0.5, 0.6) is 0 Å². The molecule has 0 saturated carbocycles. The summed E-state index contributed by atoms with van der Waals surface area (Å²) in [5, 5.41) is 3.82. The van der Waals surface area contributed by atoms with Crippen LogP contribution in [0, 0.1) is 13.8 Å². The maximum Gasteiger partial charge on any atom is 0.0304 e. The molecule has 0 aromatic heterocycles. The lowest BCUT2D eigenvalue weighted by Gasteiger charge is -2.52. The second-order valence-electron chi connectivity index (χ2n) is 7.44. The number of piperazine rings is 1. The number of nitrogens with zero attached hydrogens (tertiary/aromatic N) is 1. The van der Waals surface area contributed by atoms with Crippen LogP contribution in [0.4, 0.5) is 0 Å². The van der Waals surface area contributed by atoms with Crippen LogP contribution in [0.15, 0.2) is 18.2 Å². The molecule has 0 aliphatic carbocycles. The molecule has 21 heavy (non-hydrogen) atoms. The second kappa shape index (κ2) is 6.10. The van der Waals surface area contributed by atoms with Crippen molar-refractivity contribution in [1.29, 1.82) is 0 Å². The van der Waals surface area contributed by atoms with Crippen LogP contribution < -0.4 is 5.32 Å². The number of hydrogen-bond donors (Lipinski definition) is 1. The predicted octanol–water partition coefficient (Wildman–Crippen LogP) is 4.05. The maximum absolute atomic E-state index is 3.82. The number of hydrogen-bond acceptors (Lipinski definition) is 2. The van der Waals surface area contributed by atoms with Crippen LogP contribution in [0.1, 0.15) is 57.2 Å². The molecule has 0 amide bonds. The van der Waals surface area contributed by atoms with Crippen LogP contribution in [-0.4, -0.2) is 29.1 Å². The van der Waals surface area contributed by atoms with Gasteiger partial charge in [-0.15, -0.1) is 0 Å². The van der Waals surface area contributed by atoms with E-state index in [0.717, 1.165) is 19.6 Å². The molecule has 1 aromatic rings. The van der Waals surface area contributed by atoms with Gasteiger partial charge in [0.05, 0.1) is 0 Å². The molecule has 118 valence electrons. The average molecular weight is 288 g/mol. The van der Waals surface area contributed by atoms with E-state index in [1.165, 1.54) is 29.5 Å². The smallest absolute Gasteiger partial charge is 0.0304 e. The molecule has 1 aromatic carbocycles. The first-order valence-electron chi connectivity index (χ1n) is 8.38. The van der Waals surface area contributed by atoms with Gasteiger partial charge in [0, 0.05) is 30.7 Å². The zero-order valence-corrected chi connectivity index (χ0v) is 14.7. The third kappa shape index (κ3) is 3.49. The first kappa shape index (κ1) is 16.5. The normalized spacial score (nSPS) is 21.4. The molecule has 1 fully saturated rings. The fraction of sp³-hybridized carbons (Fsp3) is 0.684. The zero-order valence-electron chi connectivity index (χ0n) is 14.7. The largest absolute Gasteiger partial charge is 0.308 e. The highest BCUT2D eigenvalue weighted by atomic mass is 15.3. The van der Waals surface area contributed by atoms with E-state index in [1.54, 1.807) is 0 Å². The lowest BCUT2D eigenvalue weighted by atomic mass is 9.84. The van der Waals surface area contributed by atoms with E-state index in [9.17, 15) is 0 Å². The summed E-state index contributed by atoms with van der Waals surface area (Å²) >= 11 is 0. The Morgan fingerprint density at radius 3 is 2.43 bits per heavy atom. The Morgan fingerprint density at radius 1 is 1.14 bits per heavy atom. The first-order chi connectivity index (χ1) is 9.82. The molecule has 1 saturated heterocycles. The van der Waals surface area contributed by atoms with Crippen LogP contribution >= 0.6 is 0 Å². The van der Waals surface area contributed by atoms with Crippen molar-refractivity contribution in [3.63, 3.8) is 0 Å². The second-order valence-corrected chi connectivity index (χ2v) is 7.44. The third-order valence-corrected chi connectivity index (χ3v) is 5.46. The molecule has 1 aliphatic heterocycles. The van der Waals surface area contributed by atoms with Gasteiger partial charge in [0.15, 0.2) is 0 Å². The van der Waals surface area contributed by atoms with Crippen molar-refractivity contribution in [2.45, 2.75) is 72.0 Å². The van der Waals surface area contributed by atoms with Crippen molar-refractivity contribution in [1.82, 2.24) is 10.2 Å². The predicted molar refractivity (Wildman–Crippen MR) is 91.7 cm³/mol. The molecule has 0 atom stereocenters.